The molecule has 3 nitrogen and oxygen atoms in total. The van der Waals surface area contributed by atoms with Crippen molar-refractivity contribution in [3.8, 4) is 0 Å². The van der Waals surface area contributed by atoms with Crippen LogP contribution in [0.3, 0.4) is 0 Å². The Labute approximate surface area is 136 Å². The average molecular weight is 340 g/mol. The van der Waals surface area contributed by atoms with Crippen LogP contribution in [0.4, 0.5) is 10.1 Å². The van der Waals surface area contributed by atoms with Crippen LogP contribution in [0.15, 0.2) is 48.5 Å². The number of nitrogens with one attached hydrogen (secondary N) is 1. The molecule has 0 aliphatic rings. The van der Waals surface area contributed by atoms with Crippen molar-refractivity contribution in [3.63, 3.8) is 0 Å². The molecular weight excluding hydrogens is 325 g/mol. The molecule has 6 heteroatoms. The van der Waals surface area contributed by atoms with Crippen LogP contribution in [-0.2, 0) is 21.3 Å². The van der Waals surface area contributed by atoms with E-state index in [4.69, 9.17) is 11.6 Å². The van der Waals surface area contributed by atoms with E-state index in [1.165, 1.54) is 18.2 Å². The molecular formula is C16H15ClFNO2S. The van der Waals surface area contributed by atoms with Crippen LogP contribution in [-0.4, -0.2) is 15.9 Å². The van der Waals surface area contributed by atoms with Crippen molar-refractivity contribution >= 4 is 34.0 Å². The van der Waals surface area contributed by atoms with Crippen LogP contribution in [0.5, 0.6) is 0 Å². The number of carbonyl (C=O) groups is 1. The molecule has 0 fully saturated rings. The summed E-state index contributed by atoms with van der Waals surface area (Å²) in [4.78, 5) is 11.8. The summed E-state index contributed by atoms with van der Waals surface area (Å²) in [5, 5.41) is 2.98. The van der Waals surface area contributed by atoms with Gasteiger partial charge >= 0.3 is 0 Å². The summed E-state index contributed by atoms with van der Waals surface area (Å²) >= 11 is 5.89. The van der Waals surface area contributed by atoms with E-state index in [1.54, 1.807) is 12.1 Å². The predicted molar refractivity (Wildman–Crippen MR) is 87.8 cm³/mol. The summed E-state index contributed by atoms with van der Waals surface area (Å²) in [7, 11) is -1.23. The van der Waals surface area contributed by atoms with E-state index in [0.717, 1.165) is 0 Å². The van der Waals surface area contributed by atoms with E-state index >= 15 is 0 Å². The van der Waals surface area contributed by atoms with Crippen molar-refractivity contribution in [2.75, 3.05) is 11.1 Å². The number of para-hydroxylation sites is 1. The third kappa shape index (κ3) is 5.24. The van der Waals surface area contributed by atoms with Crippen LogP contribution in [0.2, 0.25) is 5.02 Å². The zero-order valence-electron chi connectivity index (χ0n) is 11.7. The molecule has 0 saturated heterocycles. The summed E-state index contributed by atoms with van der Waals surface area (Å²) in [5.41, 5.74) is 1.32. The zero-order valence-corrected chi connectivity index (χ0v) is 13.3. The Morgan fingerprint density at radius 1 is 1.18 bits per heavy atom. The molecule has 22 heavy (non-hydrogen) atoms. The number of halogens is 2. The molecule has 2 rings (SSSR count). The summed E-state index contributed by atoms with van der Waals surface area (Å²) in [6.45, 7) is 0. The van der Waals surface area contributed by atoms with E-state index in [-0.39, 0.29) is 28.9 Å². The van der Waals surface area contributed by atoms with E-state index in [2.05, 4.69) is 5.32 Å². The third-order valence-corrected chi connectivity index (χ3v) is 4.59. The summed E-state index contributed by atoms with van der Waals surface area (Å²) in [6, 6.07) is 13.1. The molecule has 0 heterocycles. The minimum atomic E-state index is -1.23. The molecule has 0 saturated carbocycles. The van der Waals surface area contributed by atoms with Gasteiger partial charge in [0.2, 0.25) is 5.91 Å². The van der Waals surface area contributed by atoms with Crippen LogP contribution < -0.4 is 5.32 Å². The monoisotopic (exact) mass is 339 g/mol. The number of anilines is 1. The molecule has 2 aromatic rings. The van der Waals surface area contributed by atoms with Crippen LogP contribution in [0.1, 0.15) is 12.0 Å². The van der Waals surface area contributed by atoms with Gasteiger partial charge in [0.25, 0.3) is 0 Å². The van der Waals surface area contributed by atoms with Crippen LogP contribution >= 0.6 is 11.6 Å². The van der Waals surface area contributed by atoms with Gasteiger partial charge in [0, 0.05) is 33.7 Å². The molecule has 0 aliphatic heterocycles. The van der Waals surface area contributed by atoms with E-state index in [9.17, 15) is 13.4 Å². The molecule has 0 aliphatic carbocycles. The second kappa shape index (κ2) is 8.06. The number of hydrogen-bond donors (Lipinski definition) is 1. The van der Waals surface area contributed by atoms with Crippen LogP contribution in [0, 0.1) is 5.82 Å². The Morgan fingerprint density at radius 2 is 1.91 bits per heavy atom. The highest BCUT2D eigenvalue weighted by molar-refractivity contribution is 7.84. The Balaban J connectivity index is 1.81. The first-order chi connectivity index (χ1) is 10.5. The van der Waals surface area contributed by atoms with Gasteiger partial charge in [-0.2, -0.15) is 0 Å². The minimum Gasteiger partial charge on any atom is -0.326 e. The number of rotatable bonds is 6. The first-order valence-electron chi connectivity index (χ1n) is 6.68. The lowest BCUT2D eigenvalue weighted by Gasteiger charge is -2.06. The molecule has 0 radical (unpaired) electrons. The molecule has 2 aromatic carbocycles. The molecule has 1 atom stereocenters. The van der Waals surface area contributed by atoms with Gasteiger partial charge in [-0.25, -0.2) is 4.39 Å². The molecule has 1 amide bonds. The van der Waals surface area contributed by atoms with Gasteiger partial charge in [-0.15, -0.1) is 0 Å². The van der Waals surface area contributed by atoms with Gasteiger partial charge in [0.05, 0.1) is 5.75 Å². The topological polar surface area (TPSA) is 46.2 Å². The SMILES string of the molecule is O=C(CCS(=O)Cc1ccc(F)cc1Cl)Nc1ccccc1. The summed E-state index contributed by atoms with van der Waals surface area (Å²) in [5.74, 6) is -0.184. The maximum Gasteiger partial charge on any atom is 0.225 e. The van der Waals surface area contributed by atoms with Crippen molar-refractivity contribution in [2.45, 2.75) is 12.2 Å². The quantitative estimate of drug-likeness (QED) is 0.871. The maximum atomic E-state index is 12.9. The average Bonchev–Trinajstić information content (AvgIpc) is 2.49. The normalized spacial score (nSPS) is 11.9. The lowest BCUT2D eigenvalue weighted by atomic mass is 10.2. The highest BCUT2D eigenvalue weighted by atomic mass is 35.5. The van der Waals surface area contributed by atoms with Gasteiger partial charge < -0.3 is 5.32 Å². The third-order valence-electron chi connectivity index (χ3n) is 2.95. The van der Waals surface area contributed by atoms with Crippen molar-refractivity contribution in [1.82, 2.24) is 0 Å². The summed E-state index contributed by atoms with van der Waals surface area (Å²) < 4.78 is 24.9. The predicted octanol–water partition coefficient (Wildman–Crippen LogP) is 3.76. The Bertz CT molecular complexity index is 679. The van der Waals surface area contributed by atoms with E-state index in [0.29, 0.717) is 11.3 Å². The smallest absolute Gasteiger partial charge is 0.225 e. The largest absolute Gasteiger partial charge is 0.326 e. The minimum absolute atomic E-state index is 0.153. The maximum absolute atomic E-state index is 12.9. The van der Waals surface area contributed by atoms with E-state index < -0.39 is 16.6 Å². The van der Waals surface area contributed by atoms with Gasteiger partial charge in [-0.3, -0.25) is 9.00 Å². The molecule has 1 N–H and O–H groups in total. The number of amides is 1. The van der Waals surface area contributed by atoms with Crippen molar-refractivity contribution in [3.05, 3.63) is 64.9 Å². The molecule has 0 aromatic heterocycles. The number of carbonyl (C=O) groups excluding carboxylic acids is 1. The summed E-state index contributed by atoms with van der Waals surface area (Å²) in [6.07, 6.45) is 0.153. The second-order valence-electron chi connectivity index (χ2n) is 4.69. The molecule has 1 unspecified atom stereocenters. The fourth-order valence-corrected chi connectivity index (χ4v) is 3.31. The Morgan fingerprint density at radius 3 is 2.59 bits per heavy atom. The van der Waals surface area contributed by atoms with Crippen molar-refractivity contribution in [2.24, 2.45) is 0 Å². The van der Waals surface area contributed by atoms with Gasteiger partial charge in [-0.05, 0) is 29.8 Å². The second-order valence-corrected chi connectivity index (χ2v) is 6.67. The Hall–Kier alpha value is -1.72. The lowest BCUT2D eigenvalue weighted by molar-refractivity contribution is -0.115. The lowest BCUT2D eigenvalue weighted by Crippen LogP contribution is -2.15. The van der Waals surface area contributed by atoms with Crippen LogP contribution in [0.25, 0.3) is 0 Å². The molecule has 0 bridgehead atoms. The fraction of sp³-hybridized carbons (Fsp3) is 0.188. The van der Waals surface area contributed by atoms with Gasteiger partial charge in [0.15, 0.2) is 0 Å². The number of hydrogen-bond acceptors (Lipinski definition) is 2. The first-order valence-corrected chi connectivity index (χ1v) is 8.55. The highest BCUT2D eigenvalue weighted by Gasteiger charge is 2.09. The van der Waals surface area contributed by atoms with Gasteiger partial charge in [0.1, 0.15) is 5.82 Å². The first kappa shape index (κ1) is 16.6. The van der Waals surface area contributed by atoms with E-state index in [1.807, 2.05) is 18.2 Å². The number of benzene rings is 2. The van der Waals surface area contributed by atoms with Crippen molar-refractivity contribution in [1.29, 1.82) is 0 Å². The highest BCUT2D eigenvalue weighted by Crippen LogP contribution is 2.19. The molecule has 0 spiro atoms. The fourth-order valence-electron chi connectivity index (χ4n) is 1.84. The standard InChI is InChI=1S/C16H15ClFNO2S/c17-15-10-13(18)7-6-12(15)11-22(21)9-8-16(20)19-14-4-2-1-3-5-14/h1-7,10H,8-9,11H2,(H,19,20). The Kier molecular flexibility index (Phi) is 6.10. The zero-order chi connectivity index (χ0) is 15.9. The van der Waals surface area contributed by atoms with Crippen molar-refractivity contribution < 1.29 is 13.4 Å². The van der Waals surface area contributed by atoms with Gasteiger partial charge in [-0.1, -0.05) is 35.9 Å². The molecule has 116 valence electrons.